The topological polar surface area (TPSA) is 84.7 Å². The predicted octanol–water partition coefficient (Wildman–Crippen LogP) is 2.46. The highest BCUT2D eigenvalue weighted by atomic mass is 32.2. The second-order valence-electron chi connectivity index (χ2n) is 5.04. The van der Waals surface area contributed by atoms with Crippen LogP contribution in [0.3, 0.4) is 0 Å². The van der Waals surface area contributed by atoms with Crippen LogP contribution in [-0.4, -0.2) is 19.2 Å². The second kappa shape index (κ2) is 5.29. The van der Waals surface area contributed by atoms with Crippen LogP contribution < -0.4 is 5.73 Å². The second-order valence-corrected chi connectivity index (χ2v) is 6.41. The van der Waals surface area contributed by atoms with Gasteiger partial charge >= 0.3 is 0 Å². The average Bonchev–Trinajstić information content (AvgIpc) is 2.82. The predicted molar refractivity (Wildman–Crippen MR) is 84.3 cm³/mol. The number of aromatic amines is 1. The molecule has 0 saturated carbocycles. The fourth-order valence-corrected chi connectivity index (χ4v) is 3.13. The minimum absolute atomic E-state index is 0.294. The van der Waals surface area contributed by atoms with Gasteiger partial charge in [-0.25, -0.2) is 9.97 Å². The maximum atomic E-state index is 12.4. The van der Waals surface area contributed by atoms with E-state index in [1.807, 2.05) is 32.0 Å². The molecule has 0 aliphatic carbocycles. The van der Waals surface area contributed by atoms with Gasteiger partial charge in [0.25, 0.3) is 0 Å². The Labute approximate surface area is 125 Å². The van der Waals surface area contributed by atoms with Crippen LogP contribution in [0.4, 0.5) is 5.82 Å². The van der Waals surface area contributed by atoms with Gasteiger partial charge in [0, 0.05) is 0 Å². The smallest absolute Gasteiger partial charge is 0.197 e. The summed E-state index contributed by atoms with van der Waals surface area (Å²) >= 11 is 0. The van der Waals surface area contributed by atoms with E-state index in [2.05, 4.69) is 15.0 Å². The Morgan fingerprint density at radius 3 is 2.71 bits per heavy atom. The largest absolute Gasteiger partial charge is 0.384 e. The lowest BCUT2D eigenvalue weighted by Crippen LogP contribution is -2.02. The summed E-state index contributed by atoms with van der Waals surface area (Å²) in [4.78, 5) is 11.7. The molecule has 0 fully saturated rings. The lowest BCUT2D eigenvalue weighted by atomic mass is 10.1. The number of aromatic nitrogens is 3. The number of nitrogens with one attached hydrogen (secondary N) is 1. The van der Waals surface area contributed by atoms with Crippen molar-refractivity contribution in [1.82, 2.24) is 15.0 Å². The molecule has 0 saturated heterocycles. The highest BCUT2D eigenvalue weighted by molar-refractivity contribution is 7.84. The molecule has 1 aromatic carbocycles. The SMILES string of the molecule is Cc1cc2nc([S@](=O)Cc3cccc(N)n3)[nH]c2cc1C. The van der Waals surface area contributed by atoms with E-state index >= 15 is 0 Å². The van der Waals surface area contributed by atoms with Crippen molar-refractivity contribution in [3.8, 4) is 0 Å². The first-order valence-electron chi connectivity index (χ1n) is 6.59. The van der Waals surface area contributed by atoms with Gasteiger partial charge in [-0.1, -0.05) is 6.07 Å². The summed E-state index contributed by atoms with van der Waals surface area (Å²) in [6.45, 7) is 4.08. The third-order valence-corrected chi connectivity index (χ3v) is 4.58. The molecule has 108 valence electrons. The van der Waals surface area contributed by atoms with E-state index in [4.69, 9.17) is 5.73 Å². The molecule has 0 spiro atoms. The summed E-state index contributed by atoms with van der Waals surface area (Å²) in [6, 6.07) is 9.35. The lowest BCUT2D eigenvalue weighted by molar-refractivity contribution is 0.677. The Morgan fingerprint density at radius 2 is 1.95 bits per heavy atom. The van der Waals surface area contributed by atoms with Crippen molar-refractivity contribution < 1.29 is 4.21 Å². The van der Waals surface area contributed by atoms with E-state index in [1.165, 1.54) is 11.1 Å². The average molecular weight is 300 g/mol. The Kier molecular flexibility index (Phi) is 3.47. The molecular formula is C15H16N4OS. The summed E-state index contributed by atoms with van der Waals surface area (Å²) < 4.78 is 12.4. The number of fused-ring (bicyclic) bond motifs is 1. The first-order chi connectivity index (χ1) is 10.0. The number of anilines is 1. The van der Waals surface area contributed by atoms with Crippen molar-refractivity contribution in [1.29, 1.82) is 0 Å². The summed E-state index contributed by atoms with van der Waals surface area (Å²) in [5.41, 5.74) is 10.4. The van der Waals surface area contributed by atoms with E-state index in [1.54, 1.807) is 12.1 Å². The first-order valence-corrected chi connectivity index (χ1v) is 7.91. The van der Waals surface area contributed by atoms with E-state index in [0.717, 1.165) is 11.0 Å². The van der Waals surface area contributed by atoms with E-state index in [-0.39, 0.29) is 0 Å². The van der Waals surface area contributed by atoms with Crippen LogP contribution in [0.2, 0.25) is 0 Å². The number of benzene rings is 1. The first kappa shape index (κ1) is 13.8. The molecule has 2 heterocycles. The van der Waals surface area contributed by atoms with Crippen molar-refractivity contribution in [2.24, 2.45) is 0 Å². The number of nitrogens with two attached hydrogens (primary N) is 1. The van der Waals surface area contributed by atoms with Gasteiger partial charge in [0.1, 0.15) is 5.82 Å². The Morgan fingerprint density at radius 1 is 1.19 bits per heavy atom. The summed E-state index contributed by atoms with van der Waals surface area (Å²) in [5.74, 6) is 0.725. The molecule has 0 bridgehead atoms. The van der Waals surface area contributed by atoms with Crippen molar-refractivity contribution in [3.63, 3.8) is 0 Å². The van der Waals surface area contributed by atoms with Gasteiger partial charge in [-0.3, -0.25) is 4.21 Å². The van der Waals surface area contributed by atoms with Crippen LogP contribution in [0.25, 0.3) is 11.0 Å². The monoisotopic (exact) mass is 300 g/mol. The fraction of sp³-hybridized carbons (Fsp3) is 0.200. The molecule has 3 aromatic rings. The molecule has 2 aromatic heterocycles. The third kappa shape index (κ3) is 2.80. The van der Waals surface area contributed by atoms with Crippen LogP contribution in [0.5, 0.6) is 0 Å². The van der Waals surface area contributed by atoms with Crippen molar-refractivity contribution in [3.05, 3.63) is 47.2 Å². The van der Waals surface area contributed by atoms with Gasteiger partial charge in [-0.2, -0.15) is 0 Å². The van der Waals surface area contributed by atoms with Crippen molar-refractivity contribution >= 4 is 27.7 Å². The van der Waals surface area contributed by atoms with E-state index in [9.17, 15) is 4.21 Å². The number of pyridine rings is 1. The maximum Gasteiger partial charge on any atom is 0.197 e. The van der Waals surface area contributed by atoms with Gasteiger partial charge in [-0.05, 0) is 49.2 Å². The molecule has 1 atom stereocenters. The van der Waals surface area contributed by atoms with Crippen LogP contribution in [0.15, 0.2) is 35.5 Å². The van der Waals surface area contributed by atoms with Gasteiger partial charge in [0.05, 0.1) is 33.3 Å². The molecule has 0 unspecified atom stereocenters. The fourth-order valence-electron chi connectivity index (χ4n) is 2.14. The molecule has 0 aliphatic heterocycles. The van der Waals surface area contributed by atoms with Crippen LogP contribution in [0.1, 0.15) is 16.8 Å². The number of nitrogens with zero attached hydrogens (tertiary/aromatic N) is 2. The maximum absolute atomic E-state index is 12.4. The lowest BCUT2D eigenvalue weighted by Gasteiger charge is -1.99. The highest BCUT2D eigenvalue weighted by Crippen LogP contribution is 2.19. The van der Waals surface area contributed by atoms with Crippen LogP contribution in [0, 0.1) is 13.8 Å². The molecule has 3 N–H and O–H groups in total. The molecule has 0 aliphatic rings. The van der Waals surface area contributed by atoms with Gasteiger partial charge in [0.2, 0.25) is 0 Å². The number of hydrogen-bond acceptors (Lipinski definition) is 4. The number of hydrogen-bond donors (Lipinski definition) is 2. The Balaban J connectivity index is 1.91. The minimum Gasteiger partial charge on any atom is -0.384 e. The number of H-pyrrole nitrogens is 1. The summed E-state index contributed by atoms with van der Waals surface area (Å²) in [7, 11) is -1.27. The molecule has 21 heavy (non-hydrogen) atoms. The normalized spacial score (nSPS) is 12.7. The van der Waals surface area contributed by atoms with Crippen molar-refractivity contribution in [2.75, 3.05) is 5.73 Å². The zero-order chi connectivity index (χ0) is 15.0. The Bertz CT molecular complexity index is 802. The van der Waals surface area contributed by atoms with Gasteiger partial charge in [0.15, 0.2) is 5.16 Å². The quantitative estimate of drug-likeness (QED) is 0.778. The zero-order valence-corrected chi connectivity index (χ0v) is 12.7. The summed E-state index contributed by atoms with van der Waals surface area (Å²) in [6.07, 6.45) is 0. The molecule has 5 nitrogen and oxygen atoms in total. The number of imidazole rings is 1. The van der Waals surface area contributed by atoms with E-state index in [0.29, 0.717) is 22.4 Å². The van der Waals surface area contributed by atoms with Crippen molar-refractivity contribution in [2.45, 2.75) is 24.8 Å². The minimum atomic E-state index is -1.27. The van der Waals surface area contributed by atoms with Gasteiger partial charge in [-0.15, -0.1) is 0 Å². The molecule has 3 rings (SSSR count). The van der Waals surface area contributed by atoms with Crippen LogP contribution >= 0.6 is 0 Å². The standard InChI is InChI=1S/C15H16N4OS/c1-9-6-12-13(7-10(9)2)19-15(18-12)21(20)8-11-4-3-5-14(16)17-11/h3-7H,8H2,1-2H3,(H2,16,17)(H,18,19)/t21-/m1/s1. The number of aryl methyl sites for hydroxylation is 2. The number of rotatable bonds is 3. The molecule has 6 heteroatoms. The van der Waals surface area contributed by atoms with Crippen LogP contribution in [-0.2, 0) is 16.6 Å². The highest BCUT2D eigenvalue weighted by Gasteiger charge is 2.12. The summed E-state index contributed by atoms with van der Waals surface area (Å²) in [5, 5.41) is 0.472. The zero-order valence-electron chi connectivity index (χ0n) is 11.9. The molecule has 0 radical (unpaired) electrons. The van der Waals surface area contributed by atoms with Gasteiger partial charge < -0.3 is 10.7 Å². The molecule has 0 amide bonds. The Hall–Kier alpha value is -2.21. The molecular weight excluding hydrogens is 284 g/mol. The number of nitrogen functional groups attached to an aromatic ring is 1. The third-order valence-electron chi connectivity index (χ3n) is 3.40. The van der Waals surface area contributed by atoms with E-state index < -0.39 is 10.8 Å².